The maximum Gasteiger partial charge on any atom is 0.251 e. The first-order valence-corrected chi connectivity index (χ1v) is 7.31. The summed E-state index contributed by atoms with van der Waals surface area (Å²) in [5.74, 6) is 0.593. The Bertz CT molecular complexity index is 614. The van der Waals surface area contributed by atoms with Crippen LogP contribution in [0.4, 0.5) is 0 Å². The fourth-order valence-corrected chi connectivity index (χ4v) is 2.11. The minimum absolute atomic E-state index is 0.131. The first-order valence-electron chi connectivity index (χ1n) is 6.93. The first-order chi connectivity index (χ1) is 10.7. The lowest BCUT2D eigenvalue weighted by Crippen LogP contribution is -2.27. The Kier molecular flexibility index (Phi) is 6.25. The zero-order chi connectivity index (χ0) is 15.8. The van der Waals surface area contributed by atoms with Gasteiger partial charge in [-0.2, -0.15) is 0 Å². The number of carbonyl (C=O) groups is 1. The number of carbonyl (C=O) groups excluding carboxylic acids is 1. The smallest absolute Gasteiger partial charge is 0.251 e. The van der Waals surface area contributed by atoms with Gasteiger partial charge in [0.2, 0.25) is 0 Å². The number of amides is 1. The summed E-state index contributed by atoms with van der Waals surface area (Å²) in [4.78, 5) is 11.9. The van der Waals surface area contributed by atoms with E-state index in [2.05, 4.69) is 5.32 Å². The van der Waals surface area contributed by atoms with Gasteiger partial charge in [0.15, 0.2) is 0 Å². The Labute approximate surface area is 135 Å². The molecule has 0 spiro atoms. The summed E-state index contributed by atoms with van der Waals surface area (Å²) in [5.41, 5.74) is 1.60. The highest BCUT2D eigenvalue weighted by Gasteiger charge is 2.04. The van der Waals surface area contributed by atoms with Gasteiger partial charge in [0.1, 0.15) is 5.75 Å². The summed E-state index contributed by atoms with van der Waals surface area (Å²) in [6.07, 6.45) is 0. The molecule has 2 aromatic carbocycles. The predicted octanol–water partition coefficient (Wildman–Crippen LogP) is 3.30. The van der Waals surface area contributed by atoms with Gasteiger partial charge in [0, 0.05) is 17.1 Å². The normalized spacial score (nSPS) is 10.3. The van der Waals surface area contributed by atoms with Crippen LogP contribution in [0.5, 0.6) is 5.75 Å². The molecular formula is C17H18ClNO3. The summed E-state index contributed by atoms with van der Waals surface area (Å²) >= 11 is 5.89. The van der Waals surface area contributed by atoms with E-state index in [9.17, 15) is 4.79 Å². The summed E-state index contributed by atoms with van der Waals surface area (Å²) in [6, 6.07) is 14.5. The Morgan fingerprint density at radius 2 is 1.95 bits per heavy atom. The Balaban J connectivity index is 1.68. The molecular weight excluding hydrogens is 302 g/mol. The number of nitrogens with one attached hydrogen (secondary N) is 1. The average molecular weight is 320 g/mol. The number of rotatable bonds is 7. The van der Waals surface area contributed by atoms with Crippen molar-refractivity contribution in [2.75, 3.05) is 20.3 Å². The van der Waals surface area contributed by atoms with E-state index >= 15 is 0 Å². The molecule has 2 aromatic rings. The second-order valence-electron chi connectivity index (χ2n) is 4.67. The number of methoxy groups -OCH3 is 1. The third-order valence-corrected chi connectivity index (χ3v) is 3.28. The second kappa shape index (κ2) is 8.41. The van der Waals surface area contributed by atoms with Crippen LogP contribution in [-0.2, 0) is 11.3 Å². The SMILES string of the molecule is COc1ccc(C(=O)NCCOCc2cccc(Cl)c2)cc1. The van der Waals surface area contributed by atoms with Gasteiger partial charge in [0.05, 0.1) is 20.3 Å². The number of benzene rings is 2. The average Bonchev–Trinajstić information content (AvgIpc) is 2.54. The topological polar surface area (TPSA) is 47.6 Å². The van der Waals surface area contributed by atoms with Crippen LogP contribution in [0.15, 0.2) is 48.5 Å². The molecule has 0 unspecified atom stereocenters. The van der Waals surface area contributed by atoms with E-state index in [0.717, 1.165) is 11.3 Å². The van der Waals surface area contributed by atoms with Crippen LogP contribution >= 0.6 is 11.6 Å². The molecule has 0 bridgehead atoms. The van der Waals surface area contributed by atoms with E-state index in [1.54, 1.807) is 31.4 Å². The van der Waals surface area contributed by atoms with Gasteiger partial charge in [0.25, 0.3) is 5.91 Å². The van der Waals surface area contributed by atoms with Crippen LogP contribution in [-0.4, -0.2) is 26.2 Å². The van der Waals surface area contributed by atoms with Gasteiger partial charge in [-0.3, -0.25) is 4.79 Å². The lowest BCUT2D eigenvalue weighted by Gasteiger charge is -2.07. The highest BCUT2D eigenvalue weighted by molar-refractivity contribution is 6.30. The Morgan fingerprint density at radius 3 is 2.64 bits per heavy atom. The molecule has 0 aliphatic rings. The summed E-state index contributed by atoms with van der Waals surface area (Å²) in [7, 11) is 1.59. The Hall–Kier alpha value is -2.04. The third kappa shape index (κ3) is 5.06. The van der Waals surface area contributed by atoms with Crippen molar-refractivity contribution in [1.82, 2.24) is 5.32 Å². The lowest BCUT2D eigenvalue weighted by atomic mass is 10.2. The maximum absolute atomic E-state index is 11.9. The van der Waals surface area contributed by atoms with Gasteiger partial charge in [-0.25, -0.2) is 0 Å². The van der Waals surface area contributed by atoms with Crippen molar-refractivity contribution in [3.63, 3.8) is 0 Å². The number of hydrogen-bond donors (Lipinski definition) is 1. The minimum Gasteiger partial charge on any atom is -0.497 e. The zero-order valence-corrected chi connectivity index (χ0v) is 13.1. The quantitative estimate of drug-likeness (QED) is 0.797. The molecule has 1 amide bonds. The van der Waals surface area contributed by atoms with Crippen LogP contribution in [0, 0.1) is 0 Å². The molecule has 0 aromatic heterocycles. The monoisotopic (exact) mass is 319 g/mol. The van der Waals surface area contributed by atoms with Crippen LogP contribution < -0.4 is 10.1 Å². The van der Waals surface area contributed by atoms with Crippen molar-refractivity contribution < 1.29 is 14.3 Å². The fraction of sp³-hybridized carbons (Fsp3) is 0.235. The number of hydrogen-bond acceptors (Lipinski definition) is 3. The van der Waals surface area contributed by atoms with E-state index in [-0.39, 0.29) is 5.91 Å². The maximum atomic E-state index is 11.9. The van der Waals surface area contributed by atoms with Gasteiger partial charge in [-0.05, 0) is 42.0 Å². The van der Waals surface area contributed by atoms with E-state index in [4.69, 9.17) is 21.1 Å². The van der Waals surface area contributed by atoms with Crippen LogP contribution in [0.25, 0.3) is 0 Å². The van der Waals surface area contributed by atoms with Gasteiger partial charge >= 0.3 is 0 Å². The van der Waals surface area contributed by atoms with E-state index in [1.165, 1.54) is 0 Å². The molecule has 0 saturated carbocycles. The van der Waals surface area contributed by atoms with Gasteiger partial charge in [-0.1, -0.05) is 23.7 Å². The van der Waals surface area contributed by atoms with Crippen molar-refractivity contribution in [3.05, 3.63) is 64.7 Å². The molecule has 0 saturated heterocycles. The molecule has 0 aliphatic heterocycles. The van der Waals surface area contributed by atoms with E-state index < -0.39 is 0 Å². The molecule has 0 heterocycles. The summed E-state index contributed by atoms with van der Waals surface area (Å²) in [6.45, 7) is 1.36. The molecule has 4 nitrogen and oxygen atoms in total. The van der Waals surface area contributed by atoms with Crippen molar-refractivity contribution in [1.29, 1.82) is 0 Å². The van der Waals surface area contributed by atoms with Crippen molar-refractivity contribution in [3.8, 4) is 5.75 Å². The fourth-order valence-electron chi connectivity index (χ4n) is 1.90. The largest absolute Gasteiger partial charge is 0.497 e. The highest BCUT2D eigenvalue weighted by Crippen LogP contribution is 2.12. The van der Waals surface area contributed by atoms with Crippen LogP contribution in [0.1, 0.15) is 15.9 Å². The molecule has 22 heavy (non-hydrogen) atoms. The Morgan fingerprint density at radius 1 is 1.18 bits per heavy atom. The third-order valence-electron chi connectivity index (χ3n) is 3.04. The molecule has 0 atom stereocenters. The highest BCUT2D eigenvalue weighted by atomic mass is 35.5. The second-order valence-corrected chi connectivity index (χ2v) is 5.10. The molecule has 116 valence electrons. The summed E-state index contributed by atoms with van der Waals surface area (Å²) < 4.78 is 10.6. The number of ether oxygens (including phenoxy) is 2. The lowest BCUT2D eigenvalue weighted by molar-refractivity contribution is 0.0901. The standard InChI is InChI=1S/C17H18ClNO3/c1-21-16-7-5-14(6-8-16)17(20)19-9-10-22-12-13-3-2-4-15(18)11-13/h2-8,11H,9-10,12H2,1H3,(H,19,20). The number of halogens is 1. The van der Waals surface area contributed by atoms with Crippen molar-refractivity contribution >= 4 is 17.5 Å². The summed E-state index contributed by atoms with van der Waals surface area (Å²) in [5, 5.41) is 3.49. The van der Waals surface area contributed by atoms with Crippen LogP contribution in [0.2, 0.25) is 5.02 Å². The first kappa shape index (κ1) is 16.3. The van der Waals surface area contributed by atoms with Crippen molar-refractivity contribution in [2.24, 2.45) is 0 Å². The van der Waals surface area contributed by atoms with E-state index in [0.29, 0.717) is 30.3 Å². The van der Waals surface area contributed by atoms with Crippen molar-refractivity contribution in [2.45, 2.75) is 6.61 Å². The van der Waals surface area contributed by atoms with Gasteiger partial charge in [-0.15, -0.1) is 0 Å². The van der Waals surface area contributed by atoms with E-state index in [1.807, 2.05) is 24.3 Å². The molecule has 0 aliphatic carbocycles. The zero-order valence-electron chi connectivity index (χ0n) is 12.3. The predicted molar refractivity (Wildman–Crippen MR) is 86.4 cm³/mol. The molecule has 2 rings (SSSR count). The minimum atomic E-state index is -0.131. The molecule has 0 radical (unpaired) electrons. The van der Waals surface area contributed by atoms with Gasteiger partial charge < -0.3 is 14.8 Å². The molecule has 1 N–H and O–H groups in total. The molecule has 0 fully saturated rings. The van der Waals surface area contributed by atoms with Crippen LogP contribution in [0.3, 0.4) is 0 Å². The molecule has 5 heteroatoms.